The summed E-state index contributed by atoms with van der Waals surface area (Å²) in [6, 6.07) is 4.15. The molecule has 0 spiro atoms. The molecule has 0 aliphatic carbocycles. The number of rotatable bonds is 6. The van der Waals surface area contributed by atoms with Crippen molar-refractivity contribution in [3.63, 3.8) is 0 Å². The van der Waals surface area contributed by atoms with Crippen LogP contribution in [-0.2, 0) is 11.2 Å². The second-order valence-electron chi connectivity index (χ2n) is 5.35. The lowest BCUT2D eigenvalue weighted by atomic mass is 9.87. The second-order valence-corrected chi connectivity index (χ2v) is 5.35. The van der Waals surface area contributed by atoms with E-state index in [1.807, 2.05) is 12.4 Å². The largest absolute Gasteiger partial charge is 0.381 e. The number of aromatic nitrogens is 1. The first-order valence-electron chi connectivity index (χ1n) is 6.59. The van der Waals surface area contributed by atoms with Crippen LogP contribution in [0.1, 0.15) is 12.0 Å². The van der Waals surface area contributed by atoms with Crippen LogP contribution in [0.2, 0.25) is 0 Å². The van der Waals surface area contributed by atoms with Gasteiger partial charge in [0.2, 0.25) is 0 Å². The van der Waals surface area contributed by atoms with Crippen LogP contribution in [0.3, 0.4) is 0 Å². The van der Waals surface area contributed by atoms with Crippen molar-refractivity contribution in [2.24, 2.45) is 11.1 Å². The number of hydrogen-bond acceptors (Lipinski definition) is 4. The highest BCUT2D eigenvalue weighted by Crippen LogP contribution is 2.28. The summed E-state index contributed by atoms with van der Waals surface area (Å²) in [5, 5.41) is 0. The maximum atomic E-state index is 5.91. The Kier molecular flexibility index (Phi) is 4.69. The lowest BCUT2D eigenvalue weighted by molar-refractivity contribution is 0.126. The molecule has 2 heterocycles. The van der Waals surface area contributed by atoms with Gasteiger partial charge in [-0.2, -0.15) is 0 Å². The predicted molar refractivity (Wildman–Crippen MR) is 72.4 cm³/mol. The molecular formula is C14H23N3O. The molecule has 0 amide bonds. The van der Waals surface area contributed by atoms with Crippen LogP contribution in [0.5, 0.6) is 0 Å². The molecule has 1 aliphatic heterocycles. The van der Waals surface area contributed by atoms with Gasteiger partial charge in [-0.3, -0.25) is 4.98 Å². The van der Waals surface area contributed by atoms with E-state index >= 15 is 0 Å². The smallest absolute Gasteiger partial charge is 0.0547 e. The fraction of sp³-hybridized carbons (Fsp3) is 0.643. The molecule has 0 saturated carbocycles. The quantitative estimate of drug-likeness (QED) is 0.814. The van der Waals surface area contributed by atoms with Gasteiger partial charge in [-0.25, -0.2) is 0 Å². The minimum Gasteiger partial charge on any atom is -0.381 e. The van der Waals surface area contributed by atoms with E-state index in [2.05, 4.69) is 29.1 Å². The van der Waals surface area contributed by atoms with E-state index in [1.165, 1.54) is 5.56 Å². The highest BCUT2D eigenvalue weighted by atomic mass is 16.5. The zero-order chi connectivity index (χ0) is 12.8. The Morgan fingerprint density at radius 3 is 2.83 bits per heavy atom. The predicted octanol–water partition coefficient (Wildman–Crippen LogP) is 0.921. The van der Waals surface area contributed by atoms with Gasteiger partial charge in [0, 0.05) is 44.0 Å². The fourth-order valence-electron chi connectivity index (χ4n) is 2.52. The maximum Gasteiger partial charge on any atom is 0.0547 e. The molecule has 4 nitrogen and oxygen atoms in total. The Balaban J connectivity index is 1.79. The molecule has 1 fully saturated rings. The van der Waals surface area contributed by atoms with E-state index in [0.29, 0.717) is 6.54 Å². The summed E-state index contributed by atoms with van der Waals surface area (Å²) in [7, 11) is 2.16. The number of hydrogen-bond donors (Lipinski definition) is 1. The van der Waals surface area contributed by atoms with Crippen molar-refractivity contribution in [2.45, 2.75) is 12.8 Å². The van der Waals surface area contributed by atoms with E-state index in [1.54, 1.807) is 0 Å². The number of pyridine rings is 1. The van der Waals surface area contributed by atoms with Crippen LogP contribution >= 0.6 is 0 Å². The molecule has 18 heavy (non-hydrogen) atoms. The third-order valence-electron chi connectivity index (χ3n) is 3.75. The molecule has 2 rings (SSSR count). The van der Waals surface area contributed by atoms with Crippen molar-refractivity contribution in [1.29, 1.82) is 0 Å². The summed E-state index contributed by atoms with van der Waals surface area (Å²) in [5.41, 5.74) is 7.42. The highest BCUT2D eigenvalue weighted by molar-refractivity contribution is 5.09. The summed E-state index contributed by atoms with van der Waals surface area (Å²) in [5.74, 6) is 0. The van der Waals surface area contributed by atoms with Gasteiger partial charge >= 0.3 is 0 Å². The zero-order valence-electron chi connectivity index (χ0n) is 11.1. The Morgan fingerprint density at radius 2 is 2.22 bits per heavy atom. The van der Waals surface area contributed by atoms with E-state index < -0.39 is 0 Å². The molecular weight excluding hydrogens is 226 g/mol. The molecule has 1 aromatic heterocycles. The monoisotopic (exact) mass is 249 g/mol. The summed E-state index contributed by atoms with van der Waals surface area (Å²) < 4.78 is 5.50. The average molecular weight is 249 g/mol. The number of ether oxygens (including phenoxy) is 1. The van der Waals surface area contributed by atoms with E-state index in [9.17, 15) is 0 Å². The molecule has 1 aliphatic rings. The van der Waals surface area contributed by atoms with Crippen molar-refractivity contribution >= 4 is 0 Å². The van der Waals surface area contributed by atoms with Crippen molar-refractivity contribution in [3.8, 4) is 0 Å². The van der Waals surface area contributed by atoms with Crippen LogP contribution in [-0.4, -0.2) is 49.8 Å². The van der Waals surface area contributed by atoms with E-state index in [4.69, 9.17) is 10.5 Å². The van der Waals surface area contributed by atoms with Crippen LogP contribution in [0.15, 0.2) is 24.5 Å². The Labute approximate surface area is 109 Å². The second kappa shape index (κ2) is 6.27. The van der Waals surface area contributed by atoms with Gasteiger partial charge < -0.3 is 15.4 Å². The third kappa shape index (κ3) is 3.51. The topological polar surface area (TPSA) is 51.4 Å². The standard InChI is InChI=1S/C14H23N3O/c1-17(8-4-13-2-6-16-7-3-13)11-14(10-15)5-9-18-12-14/h2-3,6-7H,4-5,8-12,15H2,1H3. The summed E-state index contributed by atoms with van der Waals surface area (Å²) in [4.78, 5) is 6.40. The summed E-state index contributed by atoms with van der Waals surface area (Å²) in [6.45, 7) is 4.45. The molecule has 1 saturated heterocycles. The molecule has 1 unspecified atom stereocenters. The van der Waals surface area contributed by atoms with Crippen molar-refractivity contribution < 1.29 is 4.74 Å². The summed E-state index contributed by atoms with van der Waals surface area (Å²) >= 11 is 0. The van der Waals surface area contributed by atoms with Gasteiger partial charge in [0.15, 0.2) is 0 Å². The van der Waals surface area contributed by atoms with E-state index in [-0.39, 0.29) is 5.41 Å². The fourth-order valence-corrected chi connectivity index (χ4v) is 2.52. The van der Waals surface area contributed by atoms with E-state index in [0.717, 1.165) is 39.1 Å². The average Bonchev–Trinajstić information content (AvgIpc) is 2.87. The zero-order valence-corrected chi connectivity index (χ0v) is 11.1. The molecule has 1 atom stereocenters. The third-order valence-corrected chi connectivity index (χ3v) is 3.75. The van der Waals surface area contributed by atoms with Crippen molar-refractivity contribution in [2.75, 3.05) is 39.9 Å². The molecule has 0 aromatic carbocycles. The van der Waals surface area contributed by atoms with Gasteiger partial charge in [0.05, 0.1) is 6.61 Å². The molecule has 0 radical (unpaired) electrons. The minimum absolute atomic E-state index is 0.174. The van der Waals surface area contributed by atoms with Crippen molar-refractivity contribution in [3.05, 3.63) is 30.1 Å². The first-order chi connectivity index (χ1) is 8.74. The normalized spacial score (nSPS) is 23.7. The maximum absolute atomic E-state index is 5.91. The van der Waals surface area contributed by atoms with Crippen molar-refractivity contribution in [1.82, 2.24) is 9.88 Å². The van der Waals surface area contributed by atoms with Gasteiger partial charge in [-0.15, -0.1) is 0 Å². The highest BCUT2D eigenvalue weighted by Gasteiger charge is 2.34. The van der Waals surface area contributed by atoms with Gasteiger partial charge in [0.25, 0.3) is 0 Å². The summed E-state index contributed by atoms with van der Waals surface area (Å²) in [6.07, 6.45) is 5.84. The molecule has 1 aromatic rings. The first kappa shape index (κ1) is 13.5. The lowest BCUT2D eigenvalue weighted by Gasteiger charge is -2.31. The van der Waals surface area contributed by atoms with Crippen LogP contribution in [0, 0.1) is 5.41 Å². The minimum atomic E-state index is 0.174. The molecule has 100 valence electrons. The molecule has 4 heteroatoms. The molecule has 0 bridgehead atoms. The van der Waals surface area contributed by atoms with Gasteiger partial charge in [-0.05, 0) is 37.6 Å². The first-order valence-corrected chi connectivity index (χ1v) is 6.59. The SMILES string of the molecule is CN(CCc1ccncc1)CC1(CN)CCOC1. The number of nitrogens with two attached hydrogens (primary N) is 1. The van der Waals surface area contributed by atoms with Crippen LogP contribution in [0.4, 0.5) is 0 Å². The lowest BCUT2D eigenvalue weighted by Crippen LogP contribution is -2.42. The Bertz CT molecular complexity index is 349. The van der Waals surface area contributed by atoms with Crippen LogP contribution < -0.4 is 5.73 Å². The van der Waals surface area contributed by atoms with Gasteiger partial charge in [0.1, 0.15) is 0 Å². The molecule has 2 N–H and O–H groups in total. The Hall–Kier alpha value is -0.970. The Morgan fingerprint density at radius 1 is 1.44 bits per heavy atom. The number of nitrogens with zero attached hydrogens (tertiary/aromatic N) is 2. The van der Waals surface area contributed by atoms with Crippen LogP contribution in [0.25, 0.3) is 0 Å². The van der Waals surface area contributed by atoms with Gasteiger partial charge in [-0.1, -0.05) is 0 Å². The number of likely N-dealkylation sites (N-methyl/N-ethyl adjacent to an activating group) is 1.